The molecule has 0 amide bonds. The van der Waals surface area contributed by atoms with Gasteiger partial charge in [-0.25, -0.2) is 0 Å². The summed E-state index contributed by atoms with van der Waals surface area (Å²) >= 11 is 0. The zero-order valence-corrected chi connectivity index (χ0v) is 10.7. The molecule has 0 spiro atoms. The van der Waals surface area contributed by atoms with Gasteiger partial charge in [-0.2, -0.15) is 0 Å². The van der Waals surface area contributed by atoms with E-state index in [1.54, 1.807) is 6.92 Å². The lowest BCUT2D eigenvalue weighted by Crippen LogP contribution is -2.38. The molecule has 0 aliphatic carbocycles. The average Bonchev–Trinajstić information content (AvgIpc) is 2.21. The van der Waals surface area contributed by atoms with Crippen LogP contribution in [0, 0.1) is 5.92 Å². The molecule has 0 aromatic carbocycles. The van der Waals surface area contributed by atoms with Crippen molar-refractivity contribution < 1.29 is 14.6 Å². The van der Waals surface area contributed by atoms with Crippen LogP contribution in [0.25, 0.3) is 0 Å². The molecular weight excluding hydrogens is 208 g/mol. The van der Waals surface area contributed by atoms with Crippen LogP contribution in [0.15, 0.2) is 0 Å². The second-order valence-corrected chi connectivity index (χ2v) is 4.29. The Morgan fingerprint density at radius 2 is 2.00 bits per heavy atom. The van der Waals surface area contributed by atoms with Gasteiger partial charge in [0.1, 0.15) is 0 Å². The quantitative estimate of drug-likeness (QED) is 0.559. The number of rotatable bonds is 9. The van der Waals surface area contributed by atoms with Gasteiger partial charge in [-0.1, -0.05) is 6.92 Å². The van der Waals surface area contributed by atoms with Crippen molar-refractivity contribution in [2.24, 2.45) is 5.92 Å². The molecule has 0 bridgehead atoms. The van der Waals surface area contributed by atoms with Crippen molar-refractivity contribution in [1.29, 1.82) is 0 Å². The van der Waals surface area contributed by atoms with E-state index in [2.05, 4.69) is 10.2 Å². The van der Waals surface area contributed by atoms with E-state index in [0.29, 0.717) is 19.8 Å². The number of carbonyl (C=O) groups is 1. The molecule has 5 nitrogen and oxygen atoms in total. The van der Waals surface area contributed by atoms with Crippen molar-refractivity contribution in [3.05, 3.63) is 0 Å². The number of ether oxygens (including phenoxy) is 1. The Hall–Kier alpha value is -0.650. The maximum Gasteiger partial charge on any atom is 0.307 e. The largest absolute Gasteiger partial charge is 0.481 e. The fourth-order valence-electron chi connectivity index (χ4n) is 1.10. The summed E-state index contributed by atoms with van der Waals surface area (Å²) in [7, 11) is 4.00. The summed E-state index contributed by atoms with van der Waals surface area (Å²) in [4.78, 5) is 12.7. The Morgan fingerprint density at radius 1 is 1.38 bits per heavy atom. The van der Waals surface area contributed by atoms with Crippen molar-refractivity contribution in [3.63, 3.8) is 0 Å². The fourth-order valence-corrected chi connectivity index (χ4v) is 1.10. The Kier molecular flexibility index (Phi) is 8.15. The van der Waals surface area contributed by atoms with Crippen LogP contribution in [-0.4, -0.2) is 62.4 Å². The van der Waals surface area contributed by atoms with Gasteiger partial charge < -0.3 is 20.1 Å². The van der Waals surface area contributed by atoms with Crippen LogP contribution in [0.4, 0.5) is 0 Å². The lowest BCUT2D eigenvalue weighted by Gasteiger charge is -2.17. The second-order valence-electron chi connectivity index (χ2n) is 4.29. The third-order valence-electron chi connectivity index (χ3n) is 2.54. The maximum absolute atomic E-state index is 10.7. The molecule has 0 fully saturated rings. The zero-order chi connectivity index (χ0) is 12.6. The zero-order valence-electron chi connectivity index (χ0n) is 10.7. The molecule has 0 aliphatic rings. The number of hydrogen-bond acceptors (Lipinski definition) is 4. The smallest absolute Gasteiger partial charge is 0.307 e. The molecule has 0 aromatic rings. The van der Waals surface area contributed by atoms with Gasteiger partial charge in [-0.05, 0) is 21.0 Å². The summed E-state index contributed by atoms with van der Waals surface area (Å²) < 4.78 is 5.38. The highest BCUT2D eigenvalue weighted by molar-refractivity contribution is 5.70. The molecule has 0 aliphatic heterocycles. The molecule has 2 unspecified atom stereocenters. The van der Waals surface area contributed by atoms with E-state index in [9.17, 15) is 4.79 Å². The van der Waals surface area contributed by atoms with E-state index >= 15 is 0 Å². The highest BCUT2D eigenvalue weighted by Crippen LogP contribution is 2.01. The minimum absolute atomic E-state index is 0.0325. The average molecular weight is 232 g/mol. The van der Waals surface area contributed by atoms with Crippen molar-refractivity contribution >= 4 is 5.97 Å². The van der Waals surface area contributed by atoms with Gasteiger partial charge in [0.15, 0.2) is 0 Å². The number of carboxylic acids is 1. The number of nitrogens with zero attached hydrogens (tertiary/aromatic N) is 1. The standard InChI is InChI=1S/C11H24N2O3/c1-9(11(14)15)10(2)12-5-7-16-8-6-13(3)4/h9-10,12H,5-8H2,1-4H3,(H,14,15). The summed E-state index contributed by atoms with van der Waals surface area (Å²) in [6, 6.07) is -0.0325. The minimum Gasteiger partial charge on any atom is -0.481 e. The first-order valence-corrected chi connectivity index (χ1v) is 5.63. The monoisotopic (exact) mass is 232 g/mol. The number of aliphatic carboxylic acids is 1. The SMILES string of the molecule is CC(NCCOCCN(C)C)C(C)C(=O)O. The molecular formula is C11H24N2O3. The molecule has 0 saturated heterocycles. The van der Waals surface area contributed by atoms with E-state index in [1.807, 2.05) is 21.0 Å². The van der Waals surface area contributed by atoms with Gasteiger partial charge in [-0.3, -0.25) is 4.79 Å². The third kappa shape index (κ3) is 7.62. The van der Waals surface area contributed by atoms with Gasteiger partial charge in [0.2, 0.25) is 0 Å². The first-order valence-electron chi connectivity index (χ1n) is 5.63. The fraction of sp³-hybridized carbons (Fsp3) is 0.909. The topological polar surface area (TPSA) is 61.8 Å². The number of nitrogens with one attached hydrogen (secondary N) is 1. The van der Waals surface area contributed by atoms with Crippen molar-refractivity contribution in [2.45, 2.75) is 19.9 Å². The third-order valence-corrected chi connectivity index (χ3v) is 2.54. The molecule has 2 N–H and O–H groups in total. The van der Waals surface area contributed by atoms with Gasteiger partial charge in [0, 0.05) is 19.1 Å². The van der Waals surface area contributed by atoms with E-state index in [1.165, 1.54) is 0 Å². The first kappa shape index (κ1) is 15.3. The Labute approximate surface area is 97.8 Å². The van der Waals surface area contributed by atoms with E-state index < -0.39 is 5.97 Å². The Morgan fingerprint density at radius 3 is 2.50 bits per heavy atom. The Balaban J connectivity index is 3.41. The van der Waals surface area contributed by atoms with Crippen LogP contribution in [0.3, 0.4) is 0 Å². The molecule has 2 atom stereocenters. The molecule has 5 heteroatoms. The summed E-state index contributed by atoms with van der Waals surface area (Å²) in [5.74, 6) is -1.14. The summed E-state index contributed by atoms with van der Waals surface area (Å²) in [6.07, 6.45) is 0. The van der Waals surface area contributed by atoms with Crippen molar-refractivity contribution in [1.82, 2.24) is 10.2 Å². The highest BCUT2D eigenvalue weighted by Gasteiger charge is 2.18. The van der Waals surface area contributed by atoms with Crippen LogP contribution in [0.1, 0.15) is 13.8 Å². The van der Waals surface area contributed by atoms with Gasteiger partial charge in [-0.15, -0.1) is 0 Å². The minimum atomic E-state index is -0.770. The number of hydrogen-bond donors (Lipinski definition) is 2. The molecule has 96 valence electrons. The van der Waals surface area contributed by atoms with Crippen molar-refractivity contribution in [2.75, 3.05) is 40.4 Å². The van der Waals surface area contributed by atoms with E-state index in [4.69, 9.17) is 9.84 Å². The maximum atomic E-state index is 10.7. The lowest BCUT2D eigenvalue weighted by molar-refractivity contribution is -0.141. The van der Waals surface area contributed by atoms with Crippen LogP contribution in [0.2, 0.25) is 0 Å². The molecule has 0 radical (unpaired) electrons. The first-order chi connectivity index (χ1) is 7.45. The Bertz CT molecular complexity index is 198. The molecule has 0 rings (SSSR count). The molecule has 0 heterocycles. The van der Waals surface area contributed by atoms with E-state index in [0.717, 1.165) is 6.54 Å². The van der Waals surface area contributed by atoms with Crippen molar-refractivity contribution in [3.8, 4) is 0 Å². The van der Waals surface area contributed by atoms with Crippen LogP contribution in [-0.2, 0) is 9.53 Å². The predicted octanol–water partition coefficient (Wildman–Crippen LogP) is 0.263. The predicted molar refractivity (Wildman–Crippen MR) is 63.6 cm³/mol. The van der Waals surface area contributed by atoms with Crippen LogP contribution >= 0.6 is 0 Å². The van der Waals surface area contributed by atoms with E-state index in [-0.39, 0.29) is 12.0 Å². The summed E-state index contributed by atoms with van der Waals surface area (Å²) in [5, 5.41) is 11.9. The molecule has 0 aromatic heterocycles. The summed E-state index contributed by atoms with van der Waals surface area (Å²) in [5.41, 5.74) is 0. The second kappa shape index (κ2) is 8.50. The molecule has 0 saturated carbocycles. The summed E-state index contributed by atoms with van der Waals surface area (Å²) in [6.45, 7) is 6.49. The lowest BCUT2D eigenvalue weighted by atomic mass is 10.0. The normalized spacial score (nSPS) is 15.1. The number of carboxylic acid groups (broad SMARTS) is 1. The van der Waals surface area contributed by atoms with Gasteiger partial charge in [0.05, 0.1) is 19.1 Å². The van der Waals surface area contributed by atoms with Crippen LogP contribution in [0.5, 0.6) is 0 Å². The molecule has 16 heavy (non-hydrogen) atoms. The highest BCUT2D eigenvalue weighted by atomic mass is 16.5. The van der Waals surface area contributed by atoms with Gasteiger partial charge in [0.25, 0.3) is 0 Å². The van der Waals surface area contributed by atoms with Crippen LogP contribution < -0.4 is 5.32 Å². The number of likely N-dealkylation sites (N-methyl/N-ethyl adjacent to an activating group) is 1. The van der Waals surface area contributed by atoms with Gasteiger partial charge >= 0.3 is 5.97 Å².